The number of nitrogens with zero attached hydrogens (tertiary/aromatic N) is 2. The lowest BCUT2D eigenvalue weighted by atomic mass is 10.2. The molecule has 0 unspecified atom stereocenters. The van der Waals surface area contributed by atoms with Crippen LogP contribution in [-0.2, 0) is 0 Å². The minimum absolute atomic E-state index is 0.553. The number of nitrogens with one attached hydrogen (secondary N) is 1. The van der Waals surface area contributed by atoms with Crippen LogP contribution in [0, 0.1) is 11.3 Å². The first kappa shape index (κ1) is 12.4. The fourth-order valence-electron chi connectivity index (χ4n) is 1.47. The monoisotopic (exact) mass is 303 g/mol. The van der Waals surface area contributed by atoms with Gasteiger partial charge in [-0.25, -0.2) is 4.98 Å². The first-order valence-electron chi connectivity index (χ1n) is 5.20. The summed E-state index contributed by atoms with van der Waals surface area (Å²) in [5.74, 6) is 1.30. The van der Waals surface area contributed by atoms with Crippen LogP contribution in [0.3, 0.4) is 0 Å². The summed E-state index contributed by atoms with van der Waals surface area (Å²) in [5, 5.41) is 12.0. The standard InChI is InChI=1S/C13H10BrN3O/c1-18-12-7-9(8-15)4-5-11(12)17-13-10(14)3-2-6-16-13/h2-7H,1H3,(H,16,17). The number of pyridine rings is 1. The average molecular weight is 304 g/mol. The van der Waals surface area contributed by atoms with E-state index < -0.39 is 0 Å². The number of methoxy groups -OCH3 is 1. The summed E-state index contributed by atoms with van der Waals surface area (Å²) in [7, 11) is 1.56. The van der Waals surface area contributed by atoms with Crippen molar-refractivity contribution < 1.29 is 4.74 Å². The molecule has 5 heteroatoms. The third kappa shape index (κ3) is 2.60. The molecule has 0 bridgehead atoms. The molecule has 4 nitrogen and oxygen atoms in total. The van der Waals surface area contributed by atoms with Gasteiger partial charge in [-0.05, 0) is 40.2 Å². The zero-order valence-electron chi connectivity index (χ0n) is 9.64. The Labute approximate surface area is 113 Å². The van der Waals surface area contributed by atoms with E-state index in [0.29, 0.717) is 17.1 Å². The molecule has 2 aromatic rings. The Morgan fingerprint density at radius 3 is 2.89 bits per heavy atom. The Kier molecular flexibility index (Phi) is 3.80. The highest BCUT2D eigenvalue weighted by atomic mass is 79.9. The van der Waals surface area contributed by atoms with E-state index in [1.54, 1.807) is 31.5 Å². The van der Waals surface area contributed by atoms with Gasteiger partial charge < -0.3 is 10.1 Å². The number of ether oxygens (including phenoxy) is 1. The molecule has 0 aliphatic carbocycles. The molecule has 90 valence electrons. The third-order valence-electron chi connectivity index (χ3n) is 2.34. The molecule has 0 aliphatic heterocycles. The number of rotatable bonds is 3. The lowest BCUT2D eigenvalue weighted by Crippen LogP contribution is -1.97. The second-order valence-electron chi connectivity index (χ2n) is 3.49. The molecular formula is C13H10BrN3O. The van der Waals surface area contributed by atoms with Crippen LogP contribution in [0.5, 0.6) is 5.75 Å². The van der Waals surface area contributed by atoms with Crippen molar-refractivity contribution in [1.29, 1.82) is 5.26 Å². The van der Waals surface area contributed by atoms with Crippen molar-refractivity contribution in [2.45, 2.75) is 0 Å². The van der Waals surface area contributed by atoms with Gasteiger partial charge in [-0.3, -0.25) is 0 Å². The first-order chi connectivity index (χ1) is 8.74. The third-order valence-corrected chi connectivity index (χ3v) is 2.98. The summed E-state index contributed by atoms with van der Waals surface area (Å²) in [5.41, 5.74) is 1.31. The summed E-state index contributed by atoms with van der Waals surface area (Å²) in [6, 6.07) is 11.0. The van der Waals surface area contributed by atoms with Crippen molar-refractivity contribution in [2.24, 2.45) is 0 Å². The fraction of sp³-hybridized carbons (Fsp3) is 0.0769. The quantitative estimate of drug-likeness (QED) is 0.943. The average Bonchev–Trinajstić information content (AvgIpc) is 2.41. The summed E-state index contributed by atoms with van der Waals surface area (Å²) in [4.78, 5) is 4.21. The van der Waals surface area contributed by atoms with E-state index in [1.165, 1.54) is 0 Å². The minimum atomic E-state index is 0.553. The van der Waals surface area contributed by atoms with Crippen molar-refractivity contribution >= 4 is 27.4 Å². The largest absolute Gasteiger partial charge is 0.495 e. The highest BCUT2D eigenvalue weighted by Gasteiger charge is 2.07. The number of hydrogen-bond donors (Lipinski definition) is 1. The number of nitriles is 1. The van der Waals surface area contributed by atoms with Crippen LogP contribution in [0.2, 0.25) is 0 Å². The Morgan fingerprint density at radius 1 is 1.39 bits per heavy atom. The number of anilines is 2. The van der Waals surface area contributed by atoms with Gasteiger partial charge in [0.05, 0.1) is 28.9 Å². The Balaban J connectivity index is 2.35. The van der Waals surface area contributed by atoms with Crippen LogP contribution >= 0.6 is 15.9 Å². The number of halogens is 1. The molecule has 1 heterocycles. The smallest absolute Gasteiger partial charge is 0.144 e. The summed E-state index contributed by atoms with van der Waals surface area (Å²) in [6.45, 7) is 0. The molecule has 18 heavy (non-hydrogen) atoms. The topological polar surface area (TPSA) is 57.9 Å². The van der Waals surface area contributed by atoms with Gasteiger partial charge in [0.2, 0.25) is 0 Å². The number of hydrogen-bond acceptors (Lipinski definition) is 4. The molecule has 0 fully saturated rings. The Morgan fingerprint density at radius 2 is 2.22 bits per heavy atom. The van der Waals surface area contributed by atoms with Crippen molar-refractivity contribution in [1.82, 2.24) is 4.98 Å². The lowest BCUT2D eigenvalue weighted by molar-refractivity contribution is 0.416. The van der Waals surface area contributed by atoms with Gasteiger partial charge in [-0.2, -0.15) is 5.26 Å². The molecule has 1 aromatic carbocycles. The normalized spacial score (nSPS) is 9.61. The van der Waals surface area contributed by atoms with Crippen LogP contribution in [0.25, 0.3) is 0 Å². The van der Waals surface area contributed by atoms with Crippen molar-refractivity contribution in [3.05, 3.63) is 46.6 Å². The van der Waals surface area contributed by atoms with Crippen molar-refractivity contribution in [3.8, 4) is 11.8 Å². The maximum absolute atomic E-state index is 8.84. The zero-order valence-corrected chi connectivity index (χ0v) is 11.2. The summed E-state index contributed by atoms with van der Waals surface area (Å²) < 4.78 is 6.10. The maximum Gasteiger partial charge on any atom is 0.144 e. The molecule has 1 aromatic heterocycles. The van der Waals surface area contributed by atoms with Crippen LogP contribution < -0.4 is 10.1 Å². The van der Waals surface area contributed by atoms with Gasteiger partial charge in [0.25, 0.3) is 0 Å². The van der Waals surface area contributed by atoms with Crippen LogP contribution in [0.4, 0.5) is 11.5 Å². The van der Waals surface area contributed by atoms with Gasteiger partial charge >= 0.3 is 0 Å². The molecule has 2 rings (SSSR count). The molecular weight excluding hydrogens is 294 g/mol. The van der Waals surface area contributed by atoms with E-state index in [0.717, 1.165) is 10.2 Å². The molecule has 0 atom stereocenters. The second kappa shape index (κ2) is 5.52. The van der Waals surface area contributed by atoms with Crippen LogP contribution in [-0.4, -0.2) is 12.1 Å². The van der Waals surface area contributed by atoms with E-state index in [1.807, 2.05) is 12.1 Å². The predicted molar refractivity (Wildman–Crippen MR) is 72.9 cm³/mol. The predicted octanol–water partition coefficient (Wildman–Crippen LogP) is 3.47. The second-order valence-corrected chi connectivity index (χ2v) is 4.34. The van der Waals surface area contributed by atoms with E-state index in [2.05, 4.69) is 32.3 Å². The highest BCUT2D eigenvalue weighted by molar-refractivity contribution is 9.10. The van der Waals surface area contributed by atoms with E-state index in [-0.39, 0.29) is 0 Å². The van der Waals surface area contributed by atoms with Gasteiger partial charge in [0, 0.05) is 12.3 Å². The van der Waals surface area contributed by atoms with Crippen LogP contribution in [0.1, 0.15) is 5.56 Å². The van der Waals surface area contributed by atoms with Gasteiger partial charge in [-0.1, -0.05) is 0 Å². The molecule has 0 saturated heterocycles. The lowest BCUT2D eigenvalue weighted by Gasteiger charge is -2.11. The Bertz CT molecular complexity index is 607. The maximum atomic E-state index is 8.84. The highest BCUT2D eigenvalue weighted by Crippen LogP contribution is 2.30. The van der Waals surface area contributed by atoms with Gasteiger partial charge in [-0.15, -0.1) is 0 Å². The molecule has 0 saturated carbocycles. The number of benzene rings is 1. The SMILES string of the molecule is COc1cc(C#N)ccc1Nc1ncccc1Br. The minimum Gasteiger partial charge on any atom is -0.495 e. The van der Waals surface area contributed by atoms with Crippen molar-refractivity contribution in [3.63, 3.8) is 0 Å². The van der Waals surface area contributed by atoms with Gasteiger partial charge in [0.15, 0.2) is 0 Å². The first-order valence-corrected chi connectivity index (χ1v) is 5.99. The van der Waals surface area contributed by atoms with Gasteiger partial charge in [0.1, 0.15) is 11.6 Å². The molecule has 1 N–H and O–H groups in total. The van der Waals surface area contributed by atoms with E-state index in [4.69, 9.17) is 10.00 Å². The zero-order chi connectivity index (χ0) is 13.0. The molecule has 0 radical (unpaired) electrons. The fourth-order valence-corrected chi connectivity index (χ4v) is 1.82. The molecule has 0 amide bonds. The number of aromatic nitrogens is 1. The Hall–Kier alpha value is -2.06. The molecule has 0 spiro atoms. The summed E-state index contributed by atoms with van der Waals surface area (Å²) in [6.07, 6.45) is 1.70. The molecule has 0 aliphatic rings. The van der Waals surface area contributed by atoms with E-state index in [9.17, 15) is 0 Å². The van der Waals surface area contributed by atoms with Crippen molar-refractivity contribution in [2.75, 3.05) is 12.4 Å². The summed E-state index contributed by atoms with van der Waals surface area (Å²) >= 11 is 3.41. The van der Waals surface area contributed by atoms with E-state index >= 15 is 0 Å². The van der Waals surface area contributed by atoms with Crippen LogP contribution in [0.15, 0.2) is 41.0 Å².